The first-order chi connectivity index (χ1) is 21.7. The molecule has 1 aromatic rings. The van der Waals surface area contributed by atoms with Crippen LogP contribution in [0.5, 0.6) is 0 Å². The van der Waals surface area contributed by atoms with Crippen LogP contribution in [0.15, 0.2) is 18.6 Å². The van der Waals surface area contributed by atoms with Crippen LogP contribution in [0, 0.1) is 17.3 Å². The van der Waals surface area contributed by atoms with Crippen LogP contribution >= 0.6 is 0 Å². The van der Waals surface area contributed by atoms with E-state index in [0.717, 1.165) is 32.1 Å². The van der Waals surface area contributed by atoms with E-state index in [9.17, 15) is 24.0 Å². The van der Waals surface area contributed by atoms with Crippen molar-refractivity contribution in [1.29, 1.82) is 0 Å². The Balaban J connectivity index is 1.88. The highest BCUT2D eigenvalue weighted by Gasteiger charge is 2.48. The third-order valence-corrected chi connectivity index (χ3v) is 8.38. The molecule has 0 bridgehead atoms. The van der Waals surface area contributed by atoms with Crippen molar-refractivity contribution in [3.8, 4) is 0 Å². The van der Waals surface area contributed by atoms with E-state index in [-0.39, 0.29) is 24.7 Å². The molecule has 2 heterocycles. The van der Waals surface area contributed by atoms with Gasteiger partial charge >= 0.3 is 12.1 Å². The number of hydrogen-bond acceptors (Lipinski definition) is 9. The Morgan fingerprint density at radius 3 is 2.02 bits per heavy atom. The molecule has 2 N–H and O–H groups in total. The molecule has 2 unspecified atom stereocenters. The van der Waals surface area contributed by atoms with Crippen molar-refractivity contribution in [3.63, 3.8) is 0 Å². The number of aromatic nitrogens is 2. The Morgan fingerprint density at radius 1 is 0.872 bits per heavy atom. The van der Waals surface area contributed by atoms with Crippen LogP contribution in [0.25, 0.3) is 0 Å². The molecular weight excluding hydrogens is 604 g/mol. The fourth-order valence-corrected chi connectivity index (χ4v) is 6.01. The molecule has 1 aromatic heterocycles. The number of nitrogens with zero attached hydrogens (tertiary/aromatic N) is 4. The zero-order chi connectivity index (χ0) is 35.3. The Kier molecular flexibility index (Phi) is 12.0. The van der Waals surface area contributed by atoms with Gasteiger partial charge in [-0.1, -0.05) is 40.0 Å². The molecule has 4 atom stereocenters. The molecule has 47 heavy (non-hydrogen) atoms. The number of carbonyl (C=O) groups excluding carboxylic acids is 5. The molecule has 0 radical (unpaired) electrons. The first kappa shape index (κ1) is 37.7. The minimum atomic E-state index is -1.02. The number of hydrogen-bond donors (Lipinski definition) is 2. The molecular formula is C34H54N6O7. The van der Waals surface area contributed by atoms with Crippen molar-refractivity contribution < 1.29 is 33.4 Å². The van der Waals surface area contributed by atoms with Gasteiger partial charge in [0, 0.05) is 32.5 Å². The topological polar surface area (TPSA) is 160 Å². The first-order valence-corrected chi connectivity index (χ1v) is 16.5. The molecule has 0 spiro atoms. The van der Waals surface area contributed by atoms with Gasteiger partial charge in [0.2, 0.25) is 11.8 Å². The van der Waals surface area contributed by atoms with Crippen molar-refractivity contribution in [2.45, 2.75) is 124 Å². The number of likely N-dealkylation sites (tertiary alicyclic amines) is 1. The van der Waals surface area contributed by atoms with E-state index >= 15 is 0 Å². The van der Waals surface area contributed by atoms with Crippen LogP contribution in [-0.2, 0) is 23.9 Å². The maximum Gasteiger partial charge on any atom is 0.410 e. The molecule has 4 amide bonds. The van der Waals surface area contributed by atoms with Gasteiger partial charge in [-0.3, -0.25) is 24.2 Å². The van der Waals surface area contributed by atoms with Crippen molar-refractivity contribution in [2.75, 3.05) is 20.1 Å². The zero-order valence-corrected chi connectivity index (χ0v) is 29.7. The summed E-state index contributed by atoms with van der Waals surface area (Å²) in [5.74, 6) is -2.92. The maximum absolute atomic E-state index is 14.3. The van der Waals surface area contributed by atoms with Crippen LogP contribution in [0.1, 0.15) is 105 Å². The van der Waals surface area contributed by atoms with E-state index in [1.165, 1.54) is 28.4 Å². The molecule has 3 rings (SSSR count). The van der Waals surface area contributed by atoms with E-state index in [2.05, 4.69) is 20.6 Å². The second kappa shape index (κ2) is 15.0. The van der Waals surface area contributed by atoms with Crippen LogP contribution in [0.3, 0.4) is 0 Å². The van der Waals surface area contributed by atoms with Gasteiger partial charge in [-0.25, -0.2) is 9.78 Å². The van der Waals surface area contributed by atoms with Gasteiger partial charge in [-0.2, -0.15) is 0 Å². The van der Waals surface area contributed by atoms with E-state index < -0.39 is 70.4 Å². The molecule has 1 saturated carbocycles. The SMILES string of the molecule is CN(C(=O)C(NC(=O)C(NC(=O)c1cnccn1)C1CCCCC1)C(C)(C)C)[C@H]1CN(C(=O)OC(C)(C)C)C[C@H]1C(=O)OC(C)(C)C. The van der Waals surface area contributed by atoms with Gasteiger partial charge in [0.15, 0.2) is 0 Å². The molecule has 2 fully saturated rings. The second-order valence-corrected chi connectivity index (χ2v) is 15.8. The van der Waals surface area contributed by atoms with E-state index in [4.69, 9.17) is 9.47 Å². The minimum absolute atomic E-state index is 0.0107. The largest absolute Gasteiger partial charge is 0.460 e. The van der Waals surface area contributed by atoms with Crippen LogP contribution < -0.4 is 10.6 Å². The predicted molar refractivity (Wildman–Crippen MR) is 175 cm³/mol. The van der Waals surface area contributed by atoms with Crippen LogP contribution in [0.2, 0.25) is 0 Å². The highest BCUT2D eigenvalue weighted by Crippen LogP contribution is 2.31. The first-order valence-electron chi connectivity index (χ1n) is 16.5. The summed E-state index contributed by atoms with van der Waals surface area (Å²) >= 11 is 0. The monoisotopic (exact) mass is 658 g/mol. The van der Waals surface area contributed by atoms with Gasteiger partial charge in [0.1, 0.15) is 29.0 Å². The fraction of sp³-hybridized carbons (Fsp3) is 0.735. The maximum atomic E-state index is 14.3. The lowest BCUT2D eigenvalue weighted by Gasteiger charge is -2.38. The van der Waals surface area contributed by atoms with Crippen molar-refractivity contribution in [2.24, 2.45) is 17.3 Å². The standard InChI is InChI=1S/C34H54N6O7/c1-32(2,3)26(38-28(42)25(21-14-12-11-13-15-21)37-27(41)23-18-35-16-17-36-23)29(43)39(10)24-20-40(31(45)47-34(7,8)9)19-22(24)30(44)46-33(4,5)6/h16-18,21-22,24-26H,11-15,19-20H2,1-10H3,(H,37,41)(H,38,42)/t22-,24+,25?,26?/m1/s1. The van der Waals surface area contributed by atoms with E-state index in [1.807, 2.05) is 20.8 Å². The molecule has 13 heteroatoms. The molecule has 0 aromatic carbocycles. The normalized spacial score (nSPS) is 20.5. The molecule has 1 aliphatic heterocycles. The number of likely N-dealkylation sites (N-methyl/N-ethyl adjacent to an activating group) is 1. The summed E-state index contributed by atoms with van der Waals surface area (Å²) in [5.41, 5.74) is -2.20. The second-order valence-electron chi connectivity index (χ2n) is 15.8. The molecule has 2 aliphatic rings. The lowest BCUT2D eigenvalue weighted by atomic mass is 9.82. The average Bonchev–Trinajstić information content (AvgIpc) is 3.42. The number of ether oxygens (including phenoxy) is 2. The molecule has 1 saturated heterocycles. The van der Waals surface area contributed by atoms with E-state index in [0.29, 0.717) is 0 Å². The number of rotatable bonds is 8. The lowest BCUT2D eigenvalue weighted by molar-refractivity contribution is -0.162. The zero-order valence-electron chi connectivity index (χ0n) is 29.7. The molecule has 262 valence electrons. The predicted octanol–water partition coefficient (Wildman–Crippen LogP) is 3.72. The van der Waals surface area contributed by atoms with Crippen LogP contribution in [0.4, 0.5) is 4.79 Å². The summed E-state index contributed by atoms with van der Waals surface area (Å²) in [6.45, 7) is 16.1. The average molecular weight is 659 g/mol. The summed E-state index contributed by atoms with van der Waals surface area (Å²) in [6, 6.07) is -2.65. The smallest absolute Gasteiger partial charge is 0.410 e. The quantitative estimate of drug-likeness (QED) is 0.397. The number of amides is 4. The Bertz CT molecular complexity index is 1280. The van der Waals surface area contributed by atoms with Gasteiger partial charge in [0.25, 0.3) is 5.91 Å². The molecule has 1 aliphatic carbocycles. The lowest BCUT2D eigenvalue weighted by Crippen LogP contribution is -2.61. The third kappa shape index (κ3) is 10.6. The Morgan fingerprint density at radius 2 is 1.49 bits per heavy atom. The number of esters is 1. The van der Waals surface area contributed by atoms with Gasteiger partial charge in [-0.15, -0.1) is 0 Å². The summed E-state index contributed by atoms with van der Waals surface area (Å²) in [6.07, 6.45) is 8.05. The van der Waals surface area contributed by atoms with Crippen LogP contribution in [-0.4, -0.2) is 99.0 Å². The van der Waals surface area contributed by atoms with Gasteiger partial charge in [-0.05, 0) is 65.7 Å². The highest BCUT2D eigenvalue weighted by atomic mass is 16.6. The third-order valence-electron chi connectivity index (χ3n) is 8.38. The van der Waals surface area contributed by atoms with Gasteiger partial charge < -0.3 is 29.9 Å². The highest BCUT2D eigenvalue weighted by molar-refractivity contribution is 5.97. The van der Waals surface area contributed by atoms with Crippen molar-refractivity contribution in [3.05, 3.63) is 24.3 Å². The number of nitrogens with one attached hydrogen (secondary N) is 2. The minimum Gasteiger partial charge on any atom is -0.460 e. The molecule has 13 nitrogen and oxygen atoms in total. The fourth-order valence-electron chi connectivity index (χ4n) is 6.01. The van der Waals surface area contributed by atoms with Crippen molar-refractivity contribution >= 4 is 29.8 Å². The summed E-state index contributed by atoms with van der Waals surface area (Å²) in [5, 5.41) is 5.83. The summed E-state index contributed by atoms with van der Waals surface area (Å²) < 4.78 is 11.3. The van der Waals surface area contributed by atoms with Gasteiger partial charge in [0.05, 0.1) is 18.2 Å². The number of carbonyl (C=O) groups is 5. The van der Waals surface area contributed by atoms with E-state index in [1.54, 1.807) is 48.6 Å². The summed E-state index contributed by atoms with van der Waals surface area (Å²) in [4.78, 5) is 78.9. The Labute approximate surface area is 278 Å². The summed E-state index contributed by atoms with van der Waals surface area (Å²) in [7, 11) is 1.57. The van der Waals surface area contributed by atoms with Crippen molar-refractivity contribution in [1.82, 2.24) is 30.4 Å². The Hall–Kier alpha value is -3.77.